The molecular weight excluding hydrogens is 375 g/mol. The van der Waals surface area contributed by atoms with Crippen molar-refractivity contribution in [3.63, 3.8) is 0 Å². The van der Waals surface area contributed by atoms with Crippen molar-refractivity contribution in [2.75, 3.05) is 0 Å². The molecule has 0 rings (SSSR count). The quantitative estimate of drug-likeness (QED) is 0.0959. The van der Waals surface area contributed by atoms with E-state index in [0.717, 1.165) is 12.5 Å². The Morgan fingerprint density at radius 3 is 1.17 bits per heavy atom. The predicted octanol–water partition coefficient (Wildman–Crippen LogP) is 9.71. The maximum Gasteiger partial charge on any atom is 0.341 e. The number of hydrogen-bond acceptors (Lipinski definition) is 0. The lowest BCUT2D eigenvalue weighted by Crippen LogP contribution is -2.07. The van der Waals surface area contributed by atoms with Crippen LogP contribution in [0.1, 0.15) is 110 Å². The maximum absolute atomic E-state index is 5.86. The standard InChI is InChI=1S/C18H35Cl3Si.C2H6/c1-2-3-4-5-6-7-8-9-10-11-12-13-14-15-16-17-18-22(19,20)21;1-2/h2H,1,3-18H2;1-2H3. The summed E-state index contributed by atoms with van der Waals surface area (Å²) in [6.45, 7) is 7.76. The zero-order valence-electron chi connectivity index (χ0n) is 16.2. The minimum atomic E-state index is -2.35. The van der Waals surface area contributed by atoms with E-state index < -0.39 is 6.00 Å². The maximum atomic E-state index is 5.86. The Kier molecular flexibility index (Phi) is 24.6. The molecule has 146 valence electrons. The van der Waals surface area contributed by atoms with Gasteiger partial charge in [-0.1, -0.05) is 103 Å². The molecule has 0 bridgehead atoms. The van der Waals surface area contributed by atoms with Crippen LogP contribution in [0, 0.1) is 0 Å². The van der Waals surface area contributed by atoms with Crippen molar-refractivity contribution in [1.82, 2.24) is 0 Å². The van der Waals surface area contributed by atoms with Gasteiger partial charge in [0.2, 0.25) is 0 Å². The van der Waals surface area contributed by atoms with E-state index in [9.17, 15) is 0 Å². The highest BCUT2D eigenvalue weighted by molar-refractivity contribution is 7.64. The molecule has 0 amide bonds. The van der Waals surface area contributed by atoms with E-state index in [1.54, 1.807) is 0 Å². The number of rotatable bonds is 17. The second-order valence-corrected chi connectivity index (χ2v) is 15.7. The van der Waals surface area contributed by atoms with Gasteiger partial charge in [-0.25, -0.2) is 0 Å². The van der Waals surface area contributed by atoms with E-state index >= 15 is 0 Å². The Balaban J connectivity index is 0. The normalized spacial score (nSPS) is 11.0. The highest BCUT2D eigenvalue weighted by Gasteiger charge is 2.23. The largest absolute Gasteiger partial charge is 0.341 e. The lowest BCUT2D eigenvalue weighted by atomic mass is 10.0. The first kappa shape index (κ1) is 27.0. The molecule has 0 saturated heterocycles. The second kappa shape index (κ2) is 21.9. The highest BCUT2D eigenvalue weighted by Crippen LogP contribution is 2.27. The van der Waals surface area contributed by atoms with Crippen LogP contribution in [0.15, 0.2) is 12.7 Å². The van der Waals surface area contributed by atoms with Gasteiger partial charge in [-0.05, 0) is 18.9 Å². The lowest BCUT2D eigenvalue weighted by Gasteiger charge is -2.06. The fraction of sp³-hybridized carbons (Fsp3) is 0.900. The average Bonchev–Trinajstić information content (AvgIpc) is 2.55. The summed E-state index contributed by atoms with van der Waals surface area (Å²) in [4.78, 5) is 0. The number of halogens is 3. The van der Waals surface area contributed by atoms with E-state index in [2.05, 4.69) is 6.58 Å². The van der Waals surface area contributed by atoms with E-state index in [-0.39, 0.29) is 0 Å². The third-order valence-corrected chi connectivity index (χ3v) is 6.74. The molecule has 0 aliphatic carbocycles. The molecule has 0 heterocycles. The first-order valence-electron chi connectivity index (χ1n) is 10.2. The molecule has 0 aromatic heterocycles. The smallest absolute Gasteiger partial charge is 0.126 e. The highest BCUT2D eigenvalue weighted by atomic mass is 35.8. The van der Waals surface area contributed by atoms with Gasteiger partial charge in [0.25, 0.3) is 0 Å². The molecule has 0 aromatic rings. The van der Waals surface area contributed by atoms with Gasteiger partial charge < -0.3 is 0 Å². The van der Waals surface area contributed by atoms with Crippen molar-refractivity contribution in [3.8, 4) is 0 Å². The summed E-state index contributed by atoms with van der Waals surface area (Å²) in [5.41, 5.74) is 0. The number of hydrogen-bond donors (Lipinski definition) is 0. The Morgan fingerprint density at radius 2 is 0.875 bits per heavy atom. The van der Waals surface area contributed by atoms with Gasteiger partial charge in [-0.3, -0.25) is 0 Å². The molecule has 0 spiro atoms. The monoisotopic (exact) mass is 414 g/mol. The van der Waals surface area contributed by atoms with Crippen molar-refractivity contribution in [3.05, 3.63) is 12.7 Å². The minimum absolute atomic E-state index is 0.825. The third kappa shape index (κ3) is 27.7. The van der Waals surface area contributed by atoms with Gasteiger partial charge in [0.15, 0.2) is 0 Å². The van der Waals surface area contributed by atoms with Crippen LogP contribution in [0.3, 0.4) is 0 Å². The van der Waals surface area contributed by atoms with E-state index in [1.165, 1.54) is 89.9 Å². The van der Waals surface area contributed by atoms with Crippen LogP contribution in [0.4, 0.5) is 0 Å². The Morgan fingerprint density at radius 1 is 0.583 bits per heavy atom. The molecular formula is C20H41Cl3Si. The fourth-order valence-electron chi connectivity index (χ4n) is 2.74. The van der Waals surface area contributed by atoms with Crippen LogP contribution in [-0.4, -0.2) is 6.00 Å². The van der Waals surface area contributed by atoms with Gasteiger partial charge in [0.1, 0.15) is 0 Å². The summed E-state index contributed by atoms with van der Waals surface area (Å²) in [5.74, 6) is 0. The molecule has 0 aliphatic rings. The van der Waals surface area contributed by atoms with Crippen molar-refractivity contribution >= 4 is 39.2 Å². The van der Waals surface area contributed by atoms with Gasteiger partial charge in [-0.15, -0.1) is 39.8 Å². The lowest BCUT2D eigenvalue weighted by molar-refractivity contribution is 0.536. The topological polar surface area (TPSA) is 0 Å². The Labute approximate surface area is 167 Å². The Bertz CT molecular complexity index is 240. The fourth-order valence-corrected chi connectivity index (χ4v) is 4.59. The average molecular weight is 416 g/mol. The third-order valence-electron chi connectivity index (χ3n) is 4.12. The van der Waals surface area contributed by atoms with Gasteiger partial charge >= 0.3 is 6.00 Å². The molecule has 0 aliphatic heterocycles. The molecule has 0 saturated carbocycles. The minimum Gasteiger partial charge on any atom is -0.126 e. The predicted molar refractivity (Wildman–Crippen MR) is 119 cm³/mol. The van der Waals surface area contributed by atoms with Crippen LogP contribution in [0.2, 0.25) is 6.04 Å². The molecule has 0 fully saturated rings. The van der Waals surface area contributed by atoms with Crippen molar-refractivity contribution < 1.29 is 0 Å². The number of allylic oxidation sites excluding steroid dienone is 1. The molecule has 0 aromatic carbocycles. The van der Waals surface area contributed by atoms with Crippen LogP contribution >= 0.6 is 33.2 Å². The van der Waals surface area contributed by atoms with Crippen LogP contribution < -0.4 is 0 Å². The van der Waals surface area contributed by atoms with E-state index in [0.29, 0.717) is 0 Å². The molecule has 0 nitrogen and oxygen atoms in total. The van der Waals surface area contributed by atoms with Gasteiger partial charge in [0.05, 0.1) is 0 Å². The summed E-state index contributed by atoms with van der Waals surface area (Å²) < 4.78 is 0. The zero-order valence-corrected chi connectivity index (χ0v) is 19.5. The van der Waals surface area contributed by atoms with Crippen molar-refractivity contribution in [1.29, 1.82) is 0 Å². The summed E-state index contributed by atoms with van der Waals surface area (Å²) in [7, 11) is 0. The molecule has 24 heavy (non-hydrogen) atoms. The summed E-state index contributed by atoms with van der Waals surface area (Å²) in [6.07, 6.45) is 22.2. The molecule has 4 heteroatoms. The number of unbranched alkanes of at least 4 members (excludes halogenated alkanes) is 14. The molecule has 0 radical (unpaired) electrons. The van der Waals surface area contributed by atoms with Crippen LogP contribution in [0.5, 0.6) is 0 Å². The van der Waals surface area contributed by atoms with Gasteiger partial charge in [-0.2, -0.15) is 0 Å². The Hall–Kier alpha value is 0.827. The zero-order chi connectivity index (χ0) is 18.5. The van der Waals surface area contributed by atoms with Crippen LogP contribution in [0.25, 0.3) is 0 Å². The first-order chi connectivity index (χ1) is 11.6. The van der Waals surface area contributed by atoms with E-state index in [1.807, 2.05) is 19.9 Å². The molecule has 0 N–H and O–H groups in total. The molecule has 0 atom stereocenters. The van der Waals surface area contributed by atoms with Crippen molar-refractivity contribution in [2.45, 2.75) is 116 Å². The van der Waals surface area contributed by atoms with Gasteiger partial charge in [0, 0.05) is 0 Å². The summed E-state index contributed by atoms with van der Waals surface area (Å²) in [6, 6.07) is -1.53. The SMILES string of the molecule is C=CCCCCCCCCCCCCCCCC[Si](Cl)(Cl)Cl.CC. The van der Waals surface area contributed by atoms with E-state index in [4.69, 9.17) is 33.2 Å². The first-order valence-corrected chi connectivity index (χ1v) is 15.5. The summed E-state index contributed by atoms with van der Waals surface area (Å²) >= 11 is 17.6. The second-order valence-electron chi connectivity index (χ2n) is 6.39. The summed E-state index contributed by atoms with van der Waals surface area (Å²) in [5, 5.41) is 0. The van der Waals surface area contributed by atoms with Crippen LogP contribution in [-0.2, 0) is 0 Å². The molecule has 0 unspecified atom stereocenters. The van der Waals surface area contributed by atoms with Crippen molar-refractivity contribution in [2.24, 2.45) is 0 Å².